The van der Waals surface area contributed by atoms with Crippen LogP contribution in [0.25, 0.3) is 0 Å². The van der Waals surface area contributed by atoms with Crippen molar-refractivity contribution in [3.8, 4) is 6.07 Å². The molecule has 3 aromatic rings. The van der Waals surface area contributed by atoms with Gasteiger partial charge in [0.15, 0.2) is 0 Å². The lowest BCUT2D eigenvalue weighted by molar-refractivity contribution is 0.0985. The minimum Gasteiger partial charge on any atom is -0.304 e. The van der Waals surface area contributed by atoms with Crippen LogP contribution in [0, 0.1) is 11.3 Å². The van der Waals surface area contributed by atoms with Crippen LogP contribution in [-0.4, -0.2) is 5.91 Å². The normalized spacial score (nSPS) is 9.96. The molecule has 0 N–H and O–H groups in total. The second kappa shape index (κ2) is 7.26. The molecule has 0 radical (unpaired) electrons. The van der Waals surface area contributed by atoms with Crippen LogP contribution in [0.1, 0.15) is 21.5 Å². The van der Waals surface area contributed by atoms with E-state index in [9.17, 15) is 4.79 Å². The van der Waals surface area contributed by atoms with Gasteiger partial charge in [0.2, 0.25) is 0 Å². The van der Waals surface area contributed by atoms with E-state index in [2.05, 4.69) is 6.07 Å². The molecule has 0 aromatic heterocycles. The molecular formula is C21H16N2O. The minimum absolute atomic E-state index is 0.123. The monoisotopic (exact) mass is 312 g/mol. The van der Waals surface area contributed by atoms with E-state index in [0.29, 0.717) is 17.7 Å². The number of hydrogen-bond donors (Lipinski definition) is 0. The van der Waals surface area contributed by atoms with E-state index >= 15 is 0 Å². The third-order valence-electron chi connectivity index (χ3n) is 3.74. The van der Waals surface area contributed by atoms with Crippen molar-refractivity contribution in [2.45, 2.75) is 6.54 Å². The highest BCUT2D eigenvalue weighted by molar-refractivity contribution is 6.06. The van der Waals surface area contributed by atoms with E-state index in [0.717, 1.165) is 11.3 Å². The van der Waals surface area contributed by atoms with Gasteiger partial charge in [-0.25, -0.2) is 0 Å². The highest BCUT2D eigenvalue weighted by Gasteiger charge is 2.18. The molecule has 1 amide bonds. The molecule has 24 heavy (non-hydrogen) atoms. The molecule has 3 rings (SSSR count). The van der Waals surface area contributed by atoms with Crippen molar-refractivity contribution in [3.63, 3.8) is 0 Å². The molecular weight excluding hydrogens is 296 g/mol. The first-order valence-corrected chi connectivity index (χ1v) is 7.69. The van der Waals surface area contributed by atoms with Crippen molar-refractivity contribution >= 4 is 11.6 Å². The largest absolute Gasteiger partial charge is 0.304 e. The van der Waals surface area contributed by atoms with Crippen LogP contribution in [0.2, 0.25) is 0 Å². The van der Waals surface area contributed by atoms with Crippen molar-refractivity contribution in [2.75, 3.05) is 4.90 Å². The Morgan fingerprint density at radius 1 is 0.875 bits per heavy atom. The standard InChI is InChI=1S/C21H16N2O/c22-15-18-10-7-11-19(14-18)21(24)23(20-12-5-2-6-13-20)16-17-8-3-1-4-9-17/h1-14H,16H2. The van der Waals surface area contributed by atoms with Crippen LogP contribution in [-0.2, 0) is 6.54 Å². The number of benzene rings is 3. The van der Waals surface area contributed by atoms with Crippen LogP contribution in [0.15, 0.2) is 84.9 Å². The van der Waals surface area contributed by atoms with Gasteiger partial charge in [0, 0.05) is 11.3 Å². The fourth-order valence-electron chi connectivity index (χ4n) is 2.53. The SMILES string of the molecule is N#Cc1cccc(C(=O)N(Cc2ccccc2)c2ccccc2)c1. The zero-order valence-electron chi connectivity index (χ0n) is 13.1. The van der Waals surface area contributed by atoms with Crippen LogP contribution in [0.5, 0.6) is 0 Å². The molecule has 0 fully saturated rings. The minimum atomic E-state index is -0.123. The first-order valence-electron chi connectivity index (χ1n) is 7.69. The molecule has 0 atom stereocenters. The van der Waals surface area contributed by atoms with Crippen molar-refractivity contribution < 1.29 is 4.79 Å². The molecule has 3 heteroatoms. The number of para-hydroxylation sites is 1. The van der Waals surface area contributed by atoms with Gasteiger partial charge in [-0.3, -0.25) is 4.79 Å². The predicted molar refractivity (Wildman–Crippen MR) is 94.6 cm³/mol. The summed E-state index contributed by atoms with van der Waals surface area (Å²) in [6.07, 6.45) is 0. The molecule has 116 valence electrons. The fourth-order valence-corrected chi connectivity index (χ4v) is 2.53. The van der Waals surface area contributed by atoms with Crippen molar-refractivity contribution in [1.82, 2.24) is 0 Å². The molecule has 0 aliphatic rings. The lowest BCUT2D eigenvalue weighted by atomic mass is 10.1. The maximum absolute atomic E-state index is 13.0. The lowest BCUT2D eigenvalue weighted by Crippen LogP contribution is -2.30. The van der Waals surface area contributed by atoms with Gasteiger partial charge in [0.25, 0.3) is 5.91 Å². The Kier molecular flexibility index (Phi) is 4.69. The zero-order chi connectivity index (χ0) is 16.8. The number of amides is 1. The molecule has 0 unspecified atom stereocenters. The van der Waals surface area contributed by atoms with Gasteiger partial charge >= 0.3 is 0 Å². The molecule has 0 heterocycles. The molecule has 0 saturated carbocycles. The number of carbonyl (C=O) groups is 1. The van der Waals surface area contributed by atoms with Gasteiger partial charge in [-0.2, -0.15) is 5.26 Å². The van der Waals surface area contributed by atoms with E-state index in [-0.39, 0.29) is 5.91 Å². The van der Waals surface area contributed by atoms with Gasteiger partial charge in [0.05, 0.1) is 18.2 Å². The summed E-state index contributed by atoms with van der Waals surface area (Å²) in [7, 11) is 0. The van der Waals surface area contributed by atoms with Gasteiger partial charge in [-0.1, -0.05) is 54.6 Å². The van der Waals surface area contributed by atoms with Gasteiger partial charge in [0.1, 0.15) is 0 Å². The third-order valence-corrected chi connectivity index (χ3v) is 3.74. The number of nitrogens with zero attached hydrogens (tertiary/aromatic N) is 2. The summed E-state index contributed by atoms with van der Waals surface area (Å²) in [5, 5.41) is 9.06. The van der Waals surface area contributed by atoms with E-state index in [1.807, 2.05) is 60.7 Å². The third kappa shape index (κ3) is 3.50. The second-order valence-corrected chi connectivity index (χ2v) is 5.41. The summed E-state index contributed by atoms with van der Waals surface area (Å²) in [5.41, 5.74) is 2.86. The summed E-state index contributed by atoms with van der Waals surface area (Å²) in [6, 6.07) is 28.3. The number of anilines is 1. The number of carbonyl (C=O) groups excluding carboxylic acids is 1. The Bertz CT molecular complexity index is 867. The van der Waals surface area contributed by atoms with Gasteiger partial charge < -0.3 is 4.90 Å². The molecule has 0 saturated heterocycles. The topological polar surface area (TPSA) is 44.1 Å². The summed E-state index contributed by atoms with van der Waals surface area (Å²) in [4.78, 5) is 14.8. The van der Waals surface area contributed by atoms with Crippen LogP contribution < -0.4 is 4.90 Å². The Labute approximate surface area is 141 Å². The smallest absolute Gasteiger partial charge is 0.258 e. The predicted octanol–water partition coefficient (Wildman–Crippen LogP) is 4.41. The van der Waals surface area contributed by atoms with Crippen molar-refractivity contribution in [1.29, 1.82) is 5.26 Å². The highest BCUT2D eigenvalue weighted by atomic mass is 16.2. The van der Waals surface area contributed by atoms with E-state index in [1.165, 1.54) is 0 Å². The molecule has 3 aromatic carbocycles. The van der Waals surface area contributed by atoms with Gasteiger partial charge in [-0.05, 0) is 35.9 Å². The second-order valence-electron chi connectivity index (χ2n) is 5.41. The molecule has 0 aliphatic carbocycles. The Morgan fingerprint density at radius 2 is 1.54 bits per heavy atom. The van der Waals surface area contributed by atoms with Crippen LogP contribution in [0.4, 0.5) is 5.69 Å². The van der Waals surface area contributed by atoms with Gasteiger partial charge in [-0.15, -0.1) is 0 Å². The number of rotatable bonds is 4. The number of nitriles is 1. The maximum atomic E-state index is 13.0. The number of hydrogen-bond acceptors (Lipinski definition) is 2. The van der Waals surface area contributed by atoms with E-state index in [1.54, 1.807) is 29.2 Å². The summed E-state index contributed by atoms with van der Waals surface area (Å²) < 4.78 is 0. The van der Waals surface area contributed by atoms with E-state index < -0.39 is 0 Å². The van der Waals surface area contributed by atoms with Crippen LogP contribution >= 0.6 is 0 Å². The van der Waals surface area contributed by atoms with Crippen molar-refractivity contribution in [2.24, 2.45) is 0 Å². The molecule has 0 spiro atoms. The summed E-state index contributed by atoms with van der Waals surface area (Å²) in [6.45, 7) is 0.473. The first kappa shape index (κ1) is 15.5. The Morgan fingerprint density at radius 3 is 2.21 bits per heavy atom. The fraction of sp³-hybridized carbons (Fsp3) is 0.0476. The van der Waals surface area contributed by atoms with Crippen LogP contribution in [0.3, 0.4) is 0 Å². The Balaban J connectivity index is 1.97. The molecule has 0 aliphatic heterocycles. The highest BCUT2D eigenvalue weighted by Crippen LogP contribution is 2.20. The Hall–Kier alpha value is -3.38. The lowest BCUT2D eigenvalue weighted by Gasteiger charge is -2.23. The molecule has 3 nitrogen and oxygen atoms in total. The molecule has 0 bridgehead atoms. The zero-order valence-corrected chi connectivity index (χ0v) is 13.1. The summed E-state index contributed by atoms with van der Waals surface area (Å²) >= 11 is 0. The quantitative estimate of drug-likeness (QED) is 0.716. The average Bonchev–Trinajstić information content (AvgIpc) is 2.67. The van der Waals surface area contributed by atoms with Crippen molar-refractivity contribution in [3.05, 3.63) is 102 Å². The van der Waals surface area contributed by atoms with E-state index in [4.69, 9.17) is 5.26 Å². The summed E-state index contributed by atoms with van der Waals surface area (Å²) in [5.74, 6) is -0.123. The maximum Gasteiger partial charge on any atom is 0.258 e. The average molecular weight is 312 g/mol. The first-order chi connectivity index (χ1) is 11.8.